The molecule has 106 valence electrons. The number of hydrogen-bond acceptors (Lipinski definition) is 6. The third-order valence-electron chi connectivity index (χ3n) is 3.27. The minimum atomic E-state index is -0.442. The summed E-state index contributed by atoms with van der Waals surface area (Å²) >= 11 is 1.33. The maximum absolute atomic E-state index is 11.1. The number of nitro groups is 1. The van der Waals surface area contributed by atoms with E-state index in [4.69, 9.17) is 0 Å². The fourth-order valence-corrected chi connectivity index (χ4v) is 3.10. The van der Waals surface area contributed by atoms with Gasteiger partial charge in [-0.25, -0.2) is 0 Å². The largest absolute Gasteiger partial charge is 0.301 e. The Labute approximate surface area is 124 Å². The van der Waals surface area contributed by atoms with Crippen molar-refractivity contribution in [3.63, 3.8) is 0 Å². The molecule has 1 aromatic heterocycles. The number of hydrazone groups is 1. The Bertz CT molecular complexity index is 739. The summed E-state index contributed by atoms with van der Waals surface area (Å²) in [5, 5.41) is 16.5. The molecule has 1 N–H and O–H groups in total. The molecule has 0 amide bonds. The first-order valence-corrected chi connectivity index (χ1v) is 7.15. The van der Waals surface area contributed by atoms with Crippen molar-refractivity contribution < 1.29 is 9.72 Å². The SMILES string of the molecule is O=CC1NN=C(Cc2cc([N+](=O)[O-])cs2)c2ccccc21. The molecular formula is C14H11N3O3S. The van der Waals surface area contributed by atoms with Crippen LogP contribution < -0.4 is 5.43 Å². The molecule has 0 saturated carbocycles. The van der Waals surface area contributed by atoms with Gasteiger partial charge in [-0.05, 0) is 5.56 Å². The van der Waals surface area contributed by atoms with Crippen molar-refractivity contribution in [3.05, 3.63) is 61.8 Å². The standard InChI is InChI=1S/C14H11N3O3S/c18-7-14-12-4-2-1-3-11(12)13(15-16-14)6-10-5-9(8-21-10)17(19)20/h1-5,7-8,14,16H,6H2. The maximum atomic E-state index is 11.1. The summed E-state index contributed by atoms with van der Waals surface area (Å²) in [6.07, 6.45) is 1.31. The van der Waals surface area contributed by atoms with Gasteiger partial charge in [0, 0.05) is 22.9 Å². The number of thiophene rings is 1. The highest BCUT2D eigenvalue weighted by molar-refractivity contribution is 7.10. The molecule has 0 saturated heterocycles. The molecule has 2 heterocycles. The Morgan fingerprint density at radius 2 is 2.24 bits per heavy atom. The van der Waals surface area contributed by atoms with Crippen LogP contribution in [0.15, 0.2) is 40.8 Å². The van der Waals surface area contributed by atoms with Gasteiger partial charge in [0.05, 0.1) is 16.0 Å². The third kappa shape index (κ3) is 2.55. The Balaban J connectivity index is 1.90. The number of nitrogens with zero attached hydrogens (tertiary/aromatic N) is 2. The van der Waals surface area contributed by atoms with E-state index in [0.717, 1.165) is 28.0 Å². The Morgan fingerprint density at radius 3 is 2.95 bits per heavy atom. The summed E-state index contributed by atoms with van der Waals surface area (Å²) in [6.45, 7) is 0. The summed E-state index contributed by atoms with van der Waals surface area (Å²) in [5.41, 5.74) is 5.47. The Morgan fingerprint density at radius 1 is 1.43 bits per heavy atom. The van der Waals surface area contributed by atoms with E-state index in [9.17, 15) is 14.9 Å². The number of aldehydes is 1. The van der Waals surface area contributed by atoms with Crippen molar-refractivity contribution in [3.8, 4) is 0 Å². The van der Waals surface area contributed by atoms with Crippen LogP contribution in [0.2, 0.25) is 0 Å². The van der Waals surface area contributed by atoms with Crippen LogP contribution in [0.1, 0.15) is 22.0 Å². The first-order valence-electron chi connectivity index (χ1n) is 6.27. The average Bonchev–Trinajstić information content (AvgIpc) is 2.96. The number of carbonyl (C=O) groups excluding carboxylic acids is 1. The molecule has 1 aliphatic heterocycles. The maximum Gasteiger partial charge on any atom is 0.280 e. The first-order chi connectivity index (χ1) is 10.2. The van der Waals surface area contributed by atoms with E-state index in [1.165, 1.54) is 16.7 Å². The normalized spacial score (nSPS) is 16.6. The smallest absolute Gasteiger partial charge is 0.280 e. The van der Waals surface area contributed by atoms with Crippen LogP contribution in [0, 0.1) is 10.1 Å². The lowest BCUT2D eigenvalue weighted by Crippen LogP contribution is -2.27. The highest BCUT2D eigenvalue weighted by atomic mass is 32.1. The topological polar surface area (TPSA) is 84.6 Å². The zero-order chi connectivity index (χ0) is 14.8. The van der Waals surface area contributed by atoms with Crippen molar-refractivity contribution in [1.82, 2.24) is 5.43 Å². The lowest BCUT2D eigenvalue weighted by Gasteiger charge is -2.22. The lowest BCUT2D eigenvalue weighted by molar-refractivity contribution is -0.384. The Kier molecular flexibility index (Phi) is 3.49. The van der Waals surface area contributed by atoms with Gasteiger partial charge in [-0.15, -0.1) is 11.3 Å². The van der Waals surface area contributed by atoms with Crippen LogP contribution in [-0.2, 0) is 11.2 Å². The van der Waals surface area contributed by atoms with E-state index in [0.29, 0.717) is 6.42 Å². The summed E-state index contributed by atoms with van der Waals surface area (Å²) in [4.78, 5) is 22.2. The quantitative estimate of drug-likeness (QED) is 0.534. The number of benzene rings is 1. The second-order valence-electron chi connectivity index (χ2n) is 4.59. The molecule has 0 aliphatic carbocycles. The van der Waals surface area contributed by atoms with Crippen LogP contribution in [0.25, 0.3) is 0 Å². The lowest BCUT2D eigenvalue weighted by atomic mass is 9.95. The summed E-state index contributed by atoms with van der Waals surface area (Å²) < 4.78 is 0. The number of hydrogen-bond donors (Lipinski definition) is 1. The molecule has 2 aromatic rings. The van der Waals surface area contributed by atoms with Crippen molar-refractivity contribution >= 4 is 29.0 Å². The minimum Gasteiger partial charge on any atom is -0.301 e. The zero-order valence-corrected chi connectivity index (χ0v) is 11.7. The van der Waals surface area contributed by atoms with Crippen LogP contribution in [0.5, 0.6) is 0 Å². The molecule has 1 unspecified atom stereocenters. The molecular weight excluding hydrogens is 290 g/mol. The van der Waals surface area contributed by atoms with Crippen LogP contribution in [0.3, 0.4) is 0 Å². The minimum absolute atomic E-state index is 0.0958. The number of fused-ring (bicyclic) bond motifs is 1. The van der Waals surface area contributed by atoms with Gasteiger partial charge in [0.15, 0.2) is 0 Å². The molecule has 7 heteroatoms. The highest BCUT2D eigenvalue weighted by Crippen LogP contribution is 2.26. The molecule has 1 aromatic carbocycles. The van der Waals surface area contributed by atoms with Crippen molar-refractivity contribution in [1.29, 1.82) is 0 Å². The molecule has 1 aliphatic rings. The fourth-order valence-electron chi connectivity index (χ4n) is 2.27. The molecule has 6 nitrogen and oxygen atoms in total. The predicted molar refractivity (Wildman–Crippen MR) is 79.6 cm³/mol. The third-order valence-corrected chi connectivity index (χ3v) is 4.20. The summed E-state index contributed by atoms with van der Waals surface area (Å²) in [5.74, 6) is 0. The molecule has 21 heavy (non-hydrogen) atoms. The molecule has 0 bridgehead atoms. The fraction of sp³-hybridized carbons (Fsp3) is 0.143. The van der Waals surface area contributed by atoms with Gasteiger partial charge in [0.1, 0.15) is 12.3 Å². The second kappa shape index (κ2) is 5.45. The van der Waals surface area contributed by atoms with Crippen molar-refractivity contribution in [2.45, 2.75) is 12.5 Å². The van der Waals surface area contributed by atoms with Gasteiger partial charge in [-0.2, -0.15) is 5.10 Å². The van der Waals surface area contributed by atoms with E-state index in [-0.39, 0.29) is 5.69 Å². The second-order valence-corrected chi connectivity index (χ2v) is 5.59. The number of rotatable bonds is 4. The van der Waals surface area contributed by atoms with Gasteiger partial charge in [-0.3, -0.25) is 15.5 Å². The van der Waals surface area contributed by atoms with Gasteiger partial charge in [0.2, 0.25) is 0 Å². The monoisotopic (exact) mass is 301 g/mol. The van der Waals surface area contributed by atoms with E-state index in [2.05, 4.69) is 10.5 Å². The van der Waals surface area contributed by atoms with Crippen LogP contribution >= 0.6 is 11.3 Å². The molecule has 0 spiro atoms. The van der Waals surface area contributed by atoms with Crippen molar-refractivity contribution in [2.24, 2.45) is 5.10 Å². The number of carbonyl (C=O) groups is 1. The van der Waals surface area contributed by atoms with Gasteiger partial charge in [-0.1, -0.05) is 24.3 Å². The zero-order valence-electron chi connectivity index (χ0n) is 10.9. The highest BCUT2D eigenvalue weighted by Gasteiger charge is 2.22. The molecule has 0 radical (unpaired) electrons. The van der Waals surface area contributed by atoms with Gasteiger partial charge < -0.3 is 4.79 Å². The van der Waals surface area contributed by atoms with Gasteiger partial charge >= 0.3 is 0 Å². The van der Waals surface area contributed by atoms with Gasteiger partial charge in [0.25, 0.3) is 5.69 Å². The molecule has 0 fully saturated rings. The van der Waals surface area contributed by atoms with E-state index >= 15 is 0 Å². The van der Waals surface area contributed by atoms with E-state index in [1.54, 1.807) is 6.07 Å². The average molecular weight is 301 g/mol. The molecule has 1 atom stereocenters. The summed E-state index contributed by atoms with van der Waals surface area (Å²) in [7, 11) is 0. The number of nitrogens with one attached hydrogen (secondary N) is 1. The van der Waals surface area contributed by atoms with Crippen molar-refractivity contribution in [2.75, 3.05) is 0 Å². The van der Waals surface area contributed by atoms with Crippen LogP contribution in [0.4, 0.5) is 5.69 Å². The van der Waals surface area contributed by atoms with E-state index < -0.39 is 11.0 Å². The van der Waals surface area contributed by atoms with E-state index in [1.807, 2.05) is 24.3 Å². The first kappa shape index (κ1) is 13.4. The Hall–Kier alpha value is -2.54. The van der Waals surface area contributed by atoms with Crippen LogP contribution in [-0.4, -0.2) is 16.9 Å². The summed E-state index contributed by atoms with van der Waals surface area (Å²) in [6, 6.07) is 8.67. The molecule has 3 rings (SSSR count). The predicted octanol–water partition coefficient (Wildman–Crippen LogP) is 2.45.